The molecule has 0 saturated carbocycles. The number of benzene rings is 3. The quantitative estimate of drug-likeness (QED) is 0.0278. The number of aromatic nitrogens is 6. The first-order chi connectivity index (χ1) is 46.4. The third-order valence-electron chi connectivity index (χ3n) is 15.8. The SMILES string of the molecule is CC(=O)CCCCCCCCC#Cc1ccc(NC(=O)c2ccn3c(C)cc(C)nc23)cc1.COC(=O)CCCC#Cc1ccc(NC(=O)c2ccn3c(C)cc(C)nc23)cc1.COC(=O)CCCCCCCCC#Cc1ccc(NC(=O)c2ccn3c(C)cc(C)nc23)cc1. The maximum absolute atomic E-state index is 12.8. The molecule has 3 aromatic carbocycles. The van der Waals surface area contributed by atoms with Gasteiger partial charge in [0.25, 0.3) is 17.7 Å². The van der Waals surface area contributed by atoms with Crippen LogP contribution in [-0.4, -0.2) is 77.8 Å². The van der Waals surface area contributed by atoms with Crippen molar-refractivity contribution in [1.29, 1.82) is 0 Å². The van der Waals surface area contributed by atoms with Gasteiger partial charge in [-0.25, -0.2) is 15.0 Å². The van der Waals surface area contributed by atoms with Gasteiger partial charge < -0.3 is 43.4 Å². The average molecular weight is 1290 g/mol. The Balaban J connectivity index is 0.000000204. The van der Waals surface area contributed by atoms with E-state index < -0.39 is 0 Å². The van der Waals surface area contributed by atoms with Crippen molar-refractivity contribution in [2.45, 2.75) is 170 Å². The molecule has 498 valence electrons. The fraction of sp³-hybridized carbons (Fsp3) is 0.354. The molecule has 6 aromatic heterocycles. The number of ketones is 1. The van der Waals surface area contributed by atoms with Gasteiger partial charge in [-0.15, -0.1) is 0 Å². The number of Topliss-reactive ketones (excluding diaryl/α,β-unsaturated/α-hetero) is 1. The summed E-state index contributed by atoms with van der Waals surface area (Å²) in [6, 6.07) is 33.9. The third-order valence-corrected chi connectivity index (χ3v) is 15.8. The van der Waals surface area contributed by atoms with Crippen LogP contribution in [0.3, 0.4) is 0 Å². The first-order valence-electron chi connectivity index (χ1n) is 33.1. The fourth-order valence-electron chi connectivity index (χ4n) is 10.7. The molecule has 0 saturated heterocycles. The van der Waals surface area contributed by atoms with Gasteiger partial charge in [0, 0.05) is 125 Å². The number of ether oxygens (including phenoxy) is 2. The summed E-state index contributed by atoms with van der Waals surface area (Å²) in [6.07, 6.45) is 23.6. The molecule has 3 amide bonds. The van der Waals surface area contributed by atoms with Crippen molar-refractivity contribution in [3.8, 4) is 35.5 Å². The minimum absolute atomic E-state index is 0.122. The number of carbonyl (C=O) groups excluding carboxylic acids is 6. The zero-order valence-electron chi connectivity index (χ0n) is 57.0. The van der Waals surface area contributed by atoms with Crippen molar-refractivity contribution in [2.75, 3.05) is 30.2 Å². The van der Waals surface area contributed by atoms with Crippen LogP contribution in [0.4, 0.5) is 17.1 Å². The van der Waals surface area contributed by atoms with E-state index in [1.807, 2.05) is 164 Å². The van der Waals surface area contributed by atoms with E-state index in [-0.39, 0.29) is 35.4 Å². The molecule has 96 heavy (non-hydrogen) atoms. The van der Waals surface area contributed by atoms with Crippen LogP contribution in [0.25, 0.3) is 16.9 Å². The van der Waals surface area contributed by atoms with E-state index in [1.54, 1.807) is 25.1 Å². The molecule has 17 heteroatoms. The van der Waals surface area contributed by atoms with Crippen molar-refractivity contribution < 1.29 is 38.2 Å². The predicted octanol–water partition coefficient (Wildman–Crippen LogP) is 16.0. The first kappa shape index (κ1) is 72.8. The standard InChI is InChI=1S/C28H33N3O3.C28H33N3O2.C23H23N3O3/c1-21-20-22(2)31-19-18-25(27(31)29-21)28(33)30-24-16-14-23(15-17-24)12-10-8-6-4-5-7-9-11-13-26(32)34-3;1-21-20-22(2)31-19-18-26(27(31)29-21)28(33)30-25-16-14-24(15-17-25)13-11-9-7-5-4-6-8-10-12-23(3)32;1-16-15-17(2)26-14-13-20(22(26)24-16)23(28)25-19-11-9-18(10-12-19)7-5-4-6-8-21(27)29-3/h14-20H,4-9,11,13H2,1-3H3,(H,30,33);14-20H,4-10,12H2,1-3H3,(H,30,33);9-15H,4,6,8H2,1-3H3,(H,25,28). The van der Waals surface area contributed by atoms with Gasteiger partial charge in [-0.2, -0.15) is 0 Å². The number of nitrogens with one attached hydrogen (secondary N) is 3. The van der Waals surface area contributed by atoms with Gasteiger partial charge in [0.15, 0.2) is 0 Å². The normalized spacial score (nSPS) is 10.5. The summed E-state index contributed by atoms with van der Waals surface area (Å²) < 4.78 is 15.0. The lowest BCUT2D eigenvalue weighted by Crippen LogP contribution is -2.12. The summed E-state index contributed by atoms with van der Waals surface area (Å²) in [5, 5.41) is 8.81. The van der Waals surface area contributed by atoms with Crippen LogP contribution in [0, 0.1) is 77.1 Å². The Kier molecular flexibility index (Phi) is 28.8. The maximum Gasteiger partial charge on any atom is 0.305 e. The number of nitrogens with zero attached hydrogens (tertiary/aromatic N) is 6. The van der Waals surface area contributed by atoms with Crippen LogP contribution >= 0.6 is 0 Å². The van der Waals surface area contributed by atoms with E-state index in [0.717, 1.165) is 126 Å². The van der Waals surface area contributed by atoms with Gasteiger partial charge >= 0.3 is 11.9 Å². The molecule has 0 aliphatic rings. The Morgan fingerprint density at radius 1 is 0.375 bits per heavy atom. The van der Waals surface area contributed by atoms with Gasteiger partial charge in [0.2, 0.25) is 0 Å². The molecule has 6 heterocycles. The Morgan fingerprint density at radius 3 is 0.969 bits per heavy atom. The van der Waals surface area contributed by atoms with Crippen LogP contribution in [0.1, 0.15) is 211 Å². The lowest BCUT2D eigenvalue weighted by atomic mass is 10.1. The van der Waals surface area contributed by atoms with E-state index in [4.69, 9.17) is 0 Å². The second kappa shape index (κ2) is 38.0. The predicted molar refractivity (Wildman–Crippen MR) is 380 cm³/mol. The smallest absolute Gasteiger partial charge is 0.305 e. The summed E-state index contributed by atoms with van der Waals surface area (Å²) in [4.78, 5) is 84.8. The molecule has 9 rings (SSSR count). The summed E-state index contributed by atoms with van der Waals surface area (Å²) in [7, 11) is 2.81. The molecule has 0 spiro atoms. The van der Waals surface area contributed by atoms with Gasteiger partial charge in [-0.3, -0.25) is 24.0 Å². The highest BCUT2D eigenvalue weighted by molar-refractivity contribution is 6.10. The number of unbranched alkanes of at least 4 members (excludes halogenated alkanes) is 13. The summed E-state index contributed by atoms with van der Waals surface area (Å²) in [5.41, 5.74) is 14.3. The topological polar surface area (TPSA) is 209 Å². The van der Waals surface area contributed by atoms with E-state index in [2.05, 4.69) is 75.9 Å². The third kappa shape index (κ3) is 23.2. The molecule has 0 unspecified atom stereocenters. The number of hydrogen-bond acceptors (Lipinski definition) is 11. The number of anilines is 3. The molecule has 0 aliphatic carbocycles. The Morgan fingerprint density at radius 2 is 0.656 bits per heavy atom. The van der Waals surface area contributed by atoms with E-state index >= 15 is 0 Å². The molecule has 0 aliphatic heterocycles. The molecule has 0 radical (unpaired) electrons. The van der Waals surface area contributed by atoms with E-state index in [9.17, 15) is 28.8 Å². The van der Waals surface area contributed by atoms with Gasteiger partial charge in [0.05, 0.1) is 30.9 Å². The highest BCUT2D eigenvalue weighted by Gasteiger charge is 2.18. The number of amides is 3. The van der Waals surface area contributed by atoms with Crippen LogP contribution in [-0.2, 0) is 23.9 Å². The fourth-order valence-corrected chi connectivity index (χ4v) is 10.7. The zero-order valence-corrected chi connectivity index (χ0v) is 57.0. The molecular formula is C79H89N9O8. The molecule has 3 N–H and O–H groups in total. The Hall–Kier alpha value is -10.6. The second-order valence-electron chi connectivity index (χ2n) is 23.8. The van der Waals surface area contributed by atoms with Crippen LogP contribution < -0.4 is 16.0 Å². The summed E-state index contributed by atoms with van der Waals surface area (Å²) in [6.45, 7) is 13.4. The lowest BCUT2D eigenvalue weighted by Gasteiger charge is -2.06. The molecule has 0 bridgehead atoms. The lowest BCUT2D eigenvalue weighted by molar-refractivity contribution is -0.141. The highest BCUT2D eigenvalue weighted by atomic mass is 16.5. The van der Waals surface area contributed by atoms with Crippen LogP contribution in [0.15, 0.2) is 128 Å². The van der Waals surface area contributed by atoms with Gasteiger partial charge in [-0.1, -0.05) is 86.9 Å². The van der Waals surface area contributed by atoms with Crippen molar-refractivity contribution in [1.82, 2.24) is 28.2 Å². The van der Waals surface area contributed by atoms with Crippen molar-refractivity contribution >= 4 is 69.4 Å². The van der Waals surface area contributed by atoms with E-state index in [1.165, 1.54) is 39.9 Å². The molecular weight excluding hydrogens is 1200 g/mol. The first-order valence-corrected chi connectivity index (χ1v) is 33.1. The molecule has 0 atom stereocenters. The van der Waals surface area contributed by atoms with Gasteiger partial charge in [0.1, 0.15) is 22.7 Å². The number of hydrogen-bond donors (Lipinski definition) is 3. The minimum Gasteiger partial charge on any atom is -0.469 e. The maximum atomic E-state index is 12.8. The Bertz CT molecular complexity index is 4330. The number of fused-ring (bicyclic) bond motifs is 3. The number of esters is 2. The van der Waals surface area contributed by atoms with Crippen LogP contribution in [0.2, 0.25) is 0 Å². The molecule has 17 nitrogen and oxygen atoms in total. The average Bonchev–Trinajstić information content (AvgIpc) is 1.65. The minimum atomic E-state index is -0.219. The zero-order chi connectivity index (χ0) is 68.8. The number of carbonyl (C=O) groups is 6. The van der Waals surface area contributed by atoms with Crippen molar-refractivity contribution in [3.63, 3.8) is 0 Å². The number of methoxy groups -OCH3 is 2. The Labute approximate surface area is 564 Å². The second-order valence-corrected chi connectivity index (χ2v) is 23.8. The van der Waals surface area contributed by atoms with Crippen LogP contribution in [0.5, 0.6) is 0 Å². The van der Waals surface area contributed by atoms with Gasteiger partial charge in [-0.05, 0) is 190 Å². The van der Waals surface area contributed by atoms with Crippen molar-refractivity contribution in [3.05, 3.63) is 195 Å². The van der Waals surface area contributed by atoms with E-state index in [0.29, 0.717) is 71.4 Å². The summed E-state index contributed by atoms with van der Waals surface area (Å²) in [5.74, 6) is 18.4. The molecule has 9 aromatic rings. The monoisotopic (exact) mass is 1290 g/mol. The summed E-state index contributed by atoms with van der Waals surface area (Å²) >= 11 is 0. The largest absolute Gasteiger partial charge is 0.469 e. The van der Waals surface area contributed by atoms with Crippen molar-refractivity contribution in [2.24, 2.45) is 0 Å². The number of aryl methyl sites for hydroxylation is 6. The number of rotatable bonds is 25. The highest BCUT2D eigenvalue weighted by Crippen LogP contribution is 2.22. The molecule has 0 fully saturated rings.